The number of nitrogens with zero attached hydrogens (tertiary/aromatic N) is 3. The number of aromatic amines is 1. The Hall–Kier alpha value is -3.16. The number of nitrogens with one attached hydrogen (secondary N) is 3. The van der Waals surface area contributed by atoms with E-state index in [1.165, 1.54) is 6.20 Å². The van der Waals surface area contributed by atoms with Crippen LogP contribution in [0.2, 0.25) is 0 Å². The first-order valence-electron chi connectivity index (χ1n) is 9.39. The molecule has 0 atom stereocenters. The molecule has 0 unspecified atom stereocenters. The van der Waals surface area contributed by atoms with Crippen molar-refractivity contribution in [2.24, 2.45) is 0 Å². The monoisotopic (exact) mass is 382 g/mol. The predicted molar refractivity (Wildman–Crippen MR) is 110 cm³/mol. The molecule has 3 N–H and O–H groups in total. The summed E-state index contributed by atoms with van der Waals surface area (Å²) in [5.41, 5.74) is 1.52. The lowest BCUT2D eigenvalue weighted by molar-refractivity contribution is 0.0953. The summed E-state index contributed by atoms with van der Waals surface area (Å²) in [4.78, 5) is 31.7. The second kappa shape index (κ2) is 7.84. The number of amides is 1. The minimum Gasteiger partial charge on any atom is -0.352 e. The van der Waals surface area contributed by atoms with Gasteiger partial charge in [-0.15, -0.1) is 0 Å². The van der Waals surface area contributed by atoms with Crippen LogP contribution in [-0.2, 0) is 12.1 Å². The van der Waals surface area contributed by atoms with Crippen LogP contribution in [0.1, 0.15) is 50.0 Å². The summed E-state index contributed by atoms with van der Waals surface area (Å²) >= 11 is 0. The van der Waals surface area contributed by atoms with E-state index in [0.29, 0.717) is 35.6 Å². The van der Waals surface area contributed by atoms with Crippen LogP contribution in [0, 0.1) is 0 Å². The lowest BCUT2D eigenvalue weighted by Gasteiger charge is -2.19. The van der Waals surface area contributed by atoms with Crippen LogP contribution in [-0.4, -0.2) is 32.2 Å². The molecule has 3 rings (SSSR count). The Labute approximate surface area is 163 Å². The molecule has 0 radical (unpaired) electrons. The minimum atomic E-state index is -0.292. The van der Waals surface area contributed by atoms with Crippen molar-refractivity contribution in [2.75, 3.05) is 11.9 Å². The van der Waals surface area contributed by atoms with Crippen LogP contribution in [0.5, 0.6) is 0 Å². The van der Waals surface area contributed by atoms with Gasteiger partial charge in [0.25, 0.3) is 11.5 Å². The molecule has 0 saturated heterocycles. The van der Waals surface area contributed by atoms with Crippen LogP contribution in [0.15, 0.2) is 35.3 Å². The number of carbonyl (C=O) groups is 1. The van der Waals surface area contributed by atoms with Gasteiger partial charge < -0.3 is 10.6 Å². The van der Waals surface area contributed by atoms with E-state index in [1.54, 1.807) is 10.7 Å². The quantitative estimate of drug-likeness (QED) is 0.608. The number of hydrogen-bond donors (Lipinski definition) is 3. The van der Waals surface area contributed by atoms with Crippen LogP contribution in [0.4, 0.5) is 5.95 Å². The maximum Gasteiger partial charge on any atom is 0.263 e. The Balaban J connectivity index is 1.80. The van der Waals surface area contributed by atoms with E-state index in [-0.39, 0.29) is 17.0 Å². The van der Waals surface area contributed by atoms with Crippen LogP contribution < -0.4 is 16.2 Å². The van der Waals surface area contributed by atoms with E-state index in [4.69, 9.17) is 0 Å². The summed E-state index contributed by atoms with van der Waals surface area (Å²) in [6.07, 6.45) is 2.42. The highest BCUT2D eigenvalue weighted by Gasteiger charge is 2.19. The number of carbonyl (C=O) groups excluding carboxylic acids is 1. The van der Waals surface area contributed by atoms with Gasteiger partial charge >= 0.3 is 0 Å². The Bertz CT molecular complexity index is 1040. The van der Waals surface area contributed by atoms with Crippen molar-refractivity contribution in [1.29, 1.82) is 0 Å². The average molecular weight is 382 g/mol. The Kier molecular flexibility index (Phi) is 5.48. The highest BCUT2D eigenvalue weighted by molar-refractivity contribution is 5.94. The minimum absolute atomic E-state index is 0.0919. The van der Waals surface area contributed by atoms with Gasteiger partial charge in [-0.05, 0) is 44.9 Å². The molecular formula is C20H26N6O2. The zero-order valence-electron chi connectivity index (χ0n) is 16.7. The average Bonchev–Trinajstić information content (AvgIpc) is 3.09. The summed E-state index contributed by atoms with van der Waals surface area (Å²) in [5.74, 6) is 0.273. The van der Waals surface area contributed by atoms with Crippen molar-refractivity contribution in [3.8, 4) is 0 Å². The fraction of sp³-hybridized carbons (Fsp3) is 0.400. The predicted octanol–water partition coefficient (Wildman–Crippen LogP) is 2.63. The molecule has 2 heterocycles. The van der Waals surface area contributed by atoms with Gasteiger partial charge in [0.2, 0.25) is 5.95 Å². The van der Waals surface area contributed by atoms with Gasteiger partial charge in [0, 0.05) is 18.7 Å². The first-order valence-corrected chi connectivity index (χ1v) is 9.39. The van der Waals surface area contributed by atoms with Gasteiger partial charge in [-0.1, -0.05) is 19.1 Å². The van der Waals surface area contributed by atoms with E-state index in [1.807, 2.05) is 45.9 Å². The van der Waals surface area contributed by atoms with Crippen molar-refractivity contribution in [2.45, 2.75) is 46.2 Å². The second-order valence-electron chi connectivity index (χ2n) is 7.69. The molecule has 0 bridgehead atoms. The fourth-order valence-corrected chi connectivity index (χ4v) is 2.84. The summed E-state index contributed by atoms with van der Waals surface area (Å²) in [7, 11) is 0. The SMILES string of the molecule is CCCNC(=O)c1cccc(CNc2nc3c(cnn3C(C)(C)C)c(=O)[nH]2)c1. The molecule has 0 saturated carbocycles. The molecule has 0 spiro atoms. The third-order valence-corrected chi connectivity index (χ3v) is 4.26. The highest BCUT2D eigenvalue weighted by atomic mass is 16.1. The molecule has 0 aliphatic carbocycles. The molecule has 0 aliphatic rings. The number of anilines is 1. The summed E-state index contributed by atoms with van der Waals surface area (Å²) < 4.78 is 1.74. The zero-order valence-corrected chi connectivity index (χ0v) is 16.7. The molecule has 2 aromatic heterocycles. The standard InChI is InChI=1S/C20H26N6O2/c1-5-9-21-17(27)14-8-6-7-13(10-14)11-22-19-24-16-15(18(28)25-19)12-23-26(16)20(2,3)4/h6-8,10,12H,5,9,11H2,1-4H3,(H,21,27)(H2,22,24,25,28). The Morgan fingerprint density at radius 2 is 2.07 bits per heavy atom. The number of aromatic nitrogens is 4. The largest absolute Gasteiger partial charge is 0.352 e. The summed E-state index contributed by atoms with van der Waals surface area (Å²) in [6.45, 7) is 9.09. The van der Waals surface area contributed by atoms with Gasteiger partial charge in [0.1, 0.15) is 5.39 Å². The summed E-state index contributed by atoms with van der Waals surface area (Å²) in [5, 5.41) is 10.8. The van der Waals surface area contributed by atoms with Crippen LogP contribution >= 0.6 is 0 Å². The number of hydrogen-bond acceptors (Lipinski definition) is 5. The molecule has 28 heavy (non-hydrogen) atoms. The highest BCUT2D eigenvalue weighted by Crippen LogP contribution is 2.19. The van der Waals surface area contributed by atoms with Crippen molar-refractivity contribution in [3.63, 3.8) is 0 Å². The lowest BCUT2D eigenvalue weighted by Crippen LogP contribution is -2.24. The van der Waals surface area contributed by atoms with E-state index < -0.39 is 0 Å². The van der Waals surface area contributed by atoms with Crippen molar-refractivity contribution >= 4 is 22.9 Å². The molecule has 1 amide bonds. The lowest BCUT2D eigenvalue weighted by atomic mass is 10.1. The Morgan fingerprint density at radius 1 is 1.29 bits per heavy atom. The maximum atomic E-state index is 12.4. The first kappa shape index (κ1) is 19.6. The van der Waals surface area contributed by atoms with Crippen molar-refractivity contribution < 1.29 is 4.79 Å². The Morgan fingerprint density at radius 3 is 2.79 bits per heavy atom. The van der Waals surface area contributed by atoms with Crippen LogP contribution in [0.3, 0.4) is 0 Å². The molecular weight excluding hydrogens is 356 g/mol. The smallest absolute Gasteiger partial charge is 0.263 e. The number of fused-ring (bicyclic) bond motifs is 1. The summed E-state index contributed by atoms with van der Waals surface area (Å²) in [6, 6.07) is 7.36. The fourth-order valence-electron chi connectivity index (χ4n) is 2.84. The molecule has 8 heteroatoms. The molecule has 0 aliphatic heterocycles. The van der Waals surface area contributed by atoms with Crippen molar-refractivity contribution in [3.05, 3.63) is 51.9 Å². The maximum absolute atomic E-state index is 12.4. The van der Waals surface area contributed by atoms with E-state index >= 15 is 0 Å². The molecule has 1 aromatic carbocycles. The topological polar surface area (TPSA) is 105 Å². The van der Waals surface area contributed by atoms with E-state index in [0.717, 1.165) is 12.0 Å². The zero-order chi connectivity index (χ0) is 20.3. The molecule has 3 aromatic rings. The number of H-pyrrole nitrogens is 1. The molecule has 148 valence electrons. The van der Waals surface area contributed by atoms with E-state index in [2.05, 4.69) is 25.7 Å². The number of rotatable bonds is 6. The first-order chi connectivity index (χ1) is 13.3. The normalized spacial score (nSPS) is 11.6. The van der Waals surface area contributed by atoms with Gasteiger partial charge in [0.05, 0.1) is 11.7 Å². The van der Waals surface area contributed by atoms with Gasteiger partial charge in [0.15, 0.2) is 5.65 Å². The number of benzene rings is 1. The third kappa shape index (κ3) is 4.21. The van der Waals surface area contributed by atoms with Crippen LogP contribution in [0.25, 0.3) is 11.0 Å². The second-order valence-corrected chi connectivity index (χ2v) is 7.69. The third-order valence-electron chi connectivity index (χ3n) is 4.26. The van der Waals surface area contributed by atoms with Gasteiger partial charge in [-0.3, -0.25) is 14.6 Å². The van der Waals surface area contributed by atoms with Gasteiger partial charge in [-0.25, -0.2) is 4.68 Å². The molecule has 0 fully saturated rings. The van der Waals surface area contributed by atoms with E-state index in [9.17, 15) is 9.59 Å². The molecule has 8 nitrogen and oxygen atoms in total. The van der Waals surface area contributed by atoms with Gasteiger partial charge in [-0.2, -0.15) is 10.1 Å². The van der Waals surface area contributed by atoms with Crippen molar-refractivity contribution in [1.82, 2.24) is 25.1 Å².